The van der Waals surface area contributed by atoms with Crippen LogP contribution in [0.4, 0.5) is 0 Å². The zero-order valence-corrected chi connectivity index (χ0v) is 10.9. The van der Waals surface area contributed by atoms with Crippen molar-refractivity contribution in [1.82, 2.24) is 4.90 Å². The third-order valence-electron chi connectivity index (χ3n) is 3.77. The van der Waals surface area contributed by atoms with Gasteiger partial charge >= 0.3 is 5.97 Å². The number of hydrogen-bond donors (Lipinski definition) is 1. The van der Waals surface area contributed by atoms with Crippen molar-refractivity contribution in [1.29, 1.82) is 0 Å². The largest absolute Gasteiger partial charge is 0.481 e. The third-order valence-corrected chi connectivity index (χ3v) is 3.77. The Bertz CT molecular complexity index is 620. The predicted molar refractivity (Wildman–Crippen MR) is 72.5 cm³/mol. The minimum atomic E-state index is -0.777. The molecule has 0 aliphatic carbocycles. The first kappa shape index (κ1) is 12.7. The van der Waals surface area contributed by atoms with Gasteiger partial charge in [0.2, 0.25) is 0 Å². The molecule has 0 radical (unpaired) electrons. The Kier molecular flexibility index (Phi) is 3.18. The summed E-state index contributed by atoms with van der Waals surface area (Å²) in [6.07, 6.45) is 1.00. The predicted octanol–water partition coefficient (Wildman–Crippen LogP) is 2.37. The van der Waals surface area contributed by atoms with Crippen molar-refractivity contribution in [3.8, 4) is 0 Å². The zero-order valence-electron chi connectivity index (χ0n) is 10.9. The van der Waals surface area contributed by atoms with Gasteiger partial charge in [-0.25, -0.2) is 0 Å². The van der Waals surface area contributed by atoms with Crippen molar-refractivity contribution in [2.24, 2.45) is 5.92 Å². The summed E-state index contributed by atoms with van der Waals surface area (Å²) in [6, 6.07) is 9.21. The molecule has 1 aliphatic heterocycles. The first-order valence-corrected chi connectivity index (χ1v) is 6.66. The Morgan fingerprint density at radius 3 is 2.55 bits per heavy atom. The van der Waals surface area contributed by atoms with E-state index in [2.05, 4.69) is 0 Å². The van der Waals surface area contributed by atoms with Crippen molar-refractivity contribution >= 4 is 22.8 Å². The molecule has 20 heavy (non-hydrogen) atoms. The normalized spacial score (nSPS) is 16.5. The Morgan fingerprint density at radius 2 is 1.90 bits per heavy atom. The molecule has 1 aromatic carbocycles. The summed E-state index contributed by atoms with van der Waals surface area (Å²) in [7, 11) is 0. The van der Waals surface area contributed by atoms with Gasteiger partial charge in [0.25, 0.3) is 5.91 Å². The van der Waals surface area contributed by atoms with E-state index in [9.17, 15) is 9.59 Å². The number of hydrogen-bond acceptors (Lipinski definition) is 3. The van der Waals surface area contributed by atoms with E-state index < -0.39 is 5.97 Å². The van der Waals surface area contributed by atoms with E-state index in [1.165, 1.54) is 0 Å². The molecule has 1 aromatic heterocycles. The van der Waals surface area contributed by atoms with Crippen molar-refractivity contribution < 1.29 is 19.1 Å². The van der Waals surface area contributed by atoms with Crippen molar-refractivity contribution in [3.05, 3.63) is 36.1 Å². The molecule has 1 fully saturated rings. The number of nitrogens with zero attached hydrogens (tertiary/aromatic N) is 1. The van der Waals surface area contributed by atoms with Crippen LogP contribution in [-0.4, -0.2) is 35.0 Å². The van der Waals surface area contributed by atoms with Crippen LogP contribution in [-0.2, 0) is 4.79 Å². The molecule has 1 saturated heterocycles. The van der Waals surface area contributed by atoms with Gasteiger partial charge in [-0.05, 0) is 25.0 Å². The quantitative estimate of drug-likeness (QED) is 0.911. The molecule has 0 atom stereocenters. The number of rotatable bonds is 2. The fourth-order valence-electron chi connectivity index (χ4n) is 2.57. The first-order chi connectivity index (χ1) is 9.65. The number of benzene rings is 1. The Hall–Kier alpha value is -2.30. The molecule has 5 heteroatoms. The number of piperidine rings is 1. The SMILES string of the molecule is O=C(O)C1CCN(C(=O)c2cc3ccccc3o2)CC1. The molecule has 1 N–H and O–H groups in total. The van der Waals surface area contributed by atoms with Crippen molar-refractivity contribution in [3.63, 3.8) is 0 Å². The molecule has 1 amide bonds. The van der Waals surface area contributed by atoms with Crippen LogP contribution in [0.25, 0.3) is 11.0 Å². The second-order valence-corrected chi connectivity index (χ2v) is 5.05. The topological polar surface area (TPSA) is 70.8 Å². The maximum atomic E-state index is 12.3. The fourth-order valence-corrected chi connectivity index (χ4v) is 2.57. The molecule has 0 unspecified atom stereocenters. The standard InChI is InChI=1S/C15H15NO4/c17-14(16-7-5-10(6-8-16)15(18)19)13-9-11-3-1-2-4-12(11)20-13/h1-4,9-10H,5-8H2,(H,18,19). The first-order valence-electron chi connectivity index (χ1n) is 6.66. The van der Waals surface area contributed by atoms with E-state index in [-0.39, 0.29) is 11.8 Å². The minimum absolute atomic E-state index is 0.162. The van der Waals surface area contributed by atoms with Crippen LogP contribution in [0.3, 0.4) is 0 Å². The summed E-state index contributed by atoms with van der Waals surface area (Å²) in [5, 5.41) is 9.85. The number of carboxylic acid groups (broad SMARTS) is 1. The minimum Gasteiger partial charge on any atom is -0.481 e. The number of carbonyl (C=O) groups excluding carboxylic acids is 1. The number of aliphatic carboxylic acids is 1. The number of fused-ring (bicyclic) bond motifs is 1. The molecular formula is C15H15NO4. The molecule has 2 heterocycles. The van der Waals surface area contributed by atoms with E-state index in [0.29, 0.717) is 37.3 Å². The lowest BCUT2D eigenvalue weighted by atomic mass is 9.97. The lowest BCUT2D eigenvalue weighted by Gasteiger charge is -2.29. The molecule has 2 aromatic rings. The van der Waals surface area contributed by atoms with Crippen LogP contribution in [0, 0.1) is 5.92 Å². The second kappa shape index (κ2) is 5.00. The van der Waals surface area contributed by atoms with Crippen LogP contribution in [0.15, 0.2) is 34.7 Å². The van der Waals surface area contributed by atoms with Crippen LogP contribution in [0.5, 0.6) is 0 Å². The number of likely N-dealkylation sites (tertiary alicyclic amines) is 1. The van der Waals surface area contributed by atoms with Crippen LogP contribution in [0.1, 0.15) is 23.4 Å². The van der Waals surface area contributed by atoms with Gasteiger partial charge in [0.15, 0.2) is 5.76 Å². The number of carbonyl (C=O) groups is 2. The maximum Gasteiger partial charge on any atom is 0.306 e. The number of furan rings is 1. The molecule has 1 aliphatic rings. The smallest absolute Gasteiger partial charge is 0.306 e. The Morgan fingerprint density at radius 1 is 1.20 bits per heavy atom. The highest BCUT2D eigenvalue weighted by atomic mass is 16.4. The van der Waals surface area contributed by atoms with Crippen LogP contribution >= 0.6 is 0 Å². The lowest BCUT2D eigenvalue weighted by Crippen LogP contribution is -2.40. The second-order valence-electron chi connectivity index (χ2n) is 5.05. The molecule has 104 valence electrons. The van der Waals surface area contributed by atoms with Gasteiger partial charge in [0, 0.05) is 18.5 Å². The summed E-state index contributed by atoms with van der Waals surface area (Å²) in [6.45, 7) is 0.930. The average Bonchev–Trinajstić information content (AvgIpc) is 2.90. The third kappa shape index (κ3) is 2.27. The van der Waals surface area contributed by atoms with E-state index in [0.717, 1.165) is 5.39 Å². The summed E-state index contributed by atoms with van der Waals surface area (Å²) >= 11 is 0. The van der Waals surface area contributed by atoms with E-state index >= 15 is 0 Å². The van der Waals surface area contributed by atoms with Crippen LogP contribution < -0.4 is 0 Å². The summed E-state index contributed by atoms with van der Waals surface area (Å²) < 4.78 is 5.55. The van der Waals surface area contributed by atoms with Gasteiger partial charge < -0.3 is 14.4 Å². The molecule has 0 saturated carbocycles. The summed E-state index contributed by atoms with van der Waals surface area (Å²) in [4.78, 5) is 24.9. The van der Waals surface area contributed by atoms with Gasteiger partial charge in [0.05, 0.1) is 5.92 Å². The molecule has 0 spiro atoms. The highest BCUT2D eigenvalue weighted by molar-refractivity contribution is 5.96. The van der Waals surface area contributed by atoms with Crippen molar-refractivity contribution in [2.45, 2.75) is 12.8 Å². The Balaban J connectivity index is 1.75. The Labute approximate surface area is 115 Å². The molecule has 3 rings (SSSR count). The lowest BCUT2D eigenvalue weighted by molar-refractivity contribution is -0.143. The maximum absolute atomic E-state index is 12.3. The molecule has 5 nitrogen and oxygen atoms in total. The monoisotopic (exact) mass is 273 g/mol. The summed E-state index contributed by atoms with van der Waals surface area (Å²) in [5.41, 5.74) is 0.691. The van der Waals surface area contributed by atoms with Gasteiger partial charge in [0.1, 0.15) is 5.58 Å². The number of carboxylic acids is 1. The van der Waals surface area contributed by atoms with Gasteiger partial charge in [-0.2, -0.15) is 0 Å². The van der Waals surface area contributed by atoms with E-state index in [1.807, 2.05) is 24.3 Å². The molecule has 0 bridgehead atoms. The number of para-hydroxylation sites is 1. The van der Waals surface area contributed by atoms with E-state index in [4.69, 9.17) is 9.52 Å². The number of amides is 1. The summed E-state index contributed by atoms with van der Waals surface area (Å²) in [5.74, 6) is -0.958. The van der Waals surface area contributed by atoms with Gasteiger partial charge in [-0.15, -0.1) is 0 Å². The molecular weight excluding hydrogens is 258 g/mol. The highest BCUT2D eigenvalue weighted by Crippen LogP contribution is 2.23. The fraction of sp³-hybridized carbons (Fsp3) is 0.333. The average molecular weight is 273 g/mol. The van der Waals surface area contributed by atoms with Gasteiger partial charge in [-0.3, -0.25) is 9.59 Å². The highest BCUT2D eigenvalue weighted by Gasteiger charge is 2.28. The van der Waals surface area contributed by atoms with Gasteiger partial charge in [-0.1, -0.05) is 18.2 Å². The van der Waals surface area contributed by atoms with Crippen LogP contribution in [0.2, 0.25) is 0 Å². The van der Waals surface area contributed by atoms with Crippen molar-refractivity contribution in [2.75, 3.05) is 13.1 Å². The zero-order chi connectivity index (χ0) is 14.1. The van der Waals surface area contributed by atoms with E-state index in [1.54, 1.807) is 11.0 Å².